The monoisotopic (exact) mass is 472 g/mol. The highest BCUT2D eigenvalue weighted by molar-refractivity contribution is 7.09. The summed E-state index contributed by atoms with van der Waals surface area (Å²) in [5.74, 6) is 2.08. The van der Waals surface area contributed by atoms with Gasteiger partial charge in [0, 0.05) is 29.7 Å². The van der Waals surface area contributed by atoms with Gasteiger partial charge in [0.05, 0.1) is 12.6 Å². The van der Waals surface area contributed by atoms with Crippen LogP contribution in [-0.4, -0.2) is 28.9 Å². The van der Waals surface area contributed by atoms with Crippen LogP contribution < -0.4 is 11.1 Å². The molecule has 9 atom stereocenters. The molecule has 182 valence electrons. The molecule has 0 spiro atoms. The molecule has 5 rings (SSSR count). The minimum absolute atomic E-state index is 0.0292. The largest absolute Gasteiger partial charge is 0.393 e. The fourth-order valence-electron chi connectivity index (χ4n) is 8.68. The molecule has 0 aliphatic heterocycles. The van der Waals surface area contributed by atoms with E-state index < -0.39 is 0 Å². The first kappa shape index (κ1) is 23.5. The van der Waals surface area contributed by atoms with Crippen molar-refractivity contribution >= 4 is 23.0 Å². The highest BCUT2D eigenvalue weighted by atomic mass is 32.1. The highest BCUT2D eigenvalue weighted by Crippen LogP contribution is 2.67. The zero-order chi connectivity index (χ0) is 23.4. The van der Waals surface area contributed by atoms with Crippen LogP contribution in [0.15, 0.2) is 17.5 Å². The Morgan fingerprint density at radius 1 is 1.21 bits per heavy atom. The van der Waals surface area contributed by atoms with E-state index in [2.05, 4.69) is 19.2 Å². The van der Waals surface area contributed by atoms with E-state index in [1.807, 2.05) is 17.5 Å². The number of thiophene rings is 1. The summed E-state index contributed by atoms with van der Waals surface area (Å²) < 4.78 is 0. The number of aliphatic hydroxyl groups is 1. The molecule has 0 bridgehead atoms. The first-order chi connectivity index (χ1) is 15.7. The van der Waals surface area contributed by atoms with Crippen LogP contribution in [0.5, 0.6) is 0 Å². The Balaban J connectivity index is 1.28. The first-order valence-electron chi connectivity index (χ1n) is 13.0. The van der Waals surface area contributed by atoms with Gasteiger partial charge in [0.1, 0.15) is 5.78 Å². The number of fused-ring (bicyclic) bond motifs is 5. The smallest absolute Gasteiger partial charge is 0.221 e. The topological polar surface area (TPSA) is 92.4 Å². The normalized spacial score (nSPS) is 43.3. The standard InChI is InChI=1S/C27H40N2O3S/c1-26-9-7-17(30)12-16(26)13-23(31)25-20-6-5-19(27(20,2)10-8-21(25)26)22(28)14-24(32)29-15-18-4-3-11-33-18/h3-4,11,16-17,19-22,25,30H,5-10,12-15,28H2,1-2H3,(H,29,32)/t16-,17+,19+,20-,21-,22+,25-,26-,27+/m0/s1. The van der Waals surface area contributed by atoms with Crippen LogP contribution in [0.25, 0.3) is 0 Å². The summed E-state index contributed by atoms with van der Waals surface area (Å²) in [6.07, 6.45) is 7.75. The number of hydrogen-bond acceptors (Lipinski definition) is 5. The summed E-state index contributed by atoms with van der Waals surface area (Å²) in [6.45, 7) is 5.34. The Morgan fingerprint density at radius 2 is 1.97 bits per heavy atom. The van der Waals surface area contributed by atoms with E-state index in [4.69, 9.17) is 5.73 Å². The van der Waals surface area contributed by atoms with Gasteiger partial charge >= 0.3 is 0 Å². The Hall–Kier alpha value is -1.24. The predicted octanol–water partition coefficient (Wildman–Crippen LogP) is 4.28. The van der Waals surface area contributed by atoms with Crippen molar-refractivity contribution in [3.05, 3.63) is 22.4 Å². The zero-order valence-corrected chi connectivity index (χ0v) is 20.9. The number of nitrogens with one attached hydrogen (secondary N) is 1. The van der Waals surface area contributed by atoms with Crippen molar-refractivity contribution in [1.29, 1.82) is 0 Å². The zero-order valence-electron chi connectivity index (χ0n) is 20.1. The molecule has 0 aromatic carbocycles. The van der Waals surface area contributed by atoms with Crippen LogP contribution in [0.2, 0.25) is 0 Å². The molecule has 5 nitrogen and oxygen atoms in total. The number of carbonyl (C=O) groups is 2. The Labute approximate surface area is 201 Å². The van der Waals surface area contributed by atoms with Gasteiger partial charge in [-0.1, -0.05) is 19.9 Å². The number of hydrogen-bond donors (Lipinski definition) is 3. The number of nitrogens with two attached hydrogens (primary N) is 1. The average Bonchev–Trinajstić information content (AvgIpc) is 3.41. The molecule has 1 aromatic rings. The fraction of sp³-hybridized carbons (Fsp3) is 0.778. The summed E-state index contributed by atoms with van der Waals surface area (Å²) >= 11 is 1.65. The van der Waals surface area contributed by atoms with Gasteiger partial charge in [-0.3, -0.25) is 9.59 Å². The highest BCUT2D eigenvalue weighted by Gasteiger charge is 2.63. The SMILES string of the molecule is C[C@]12CC[C@@H](O)C[C@H]1CC(=O)[C@@H]1[C@@H]2CC[C@]2(C)[C@@H]([C@H](N)CC(=O)NCc3cccs3)CC[C@@H]12. The maximum absolute atomic E-state index is 13.5. The van der Waals surface area contributed by atoms with Crippen molar-refractivity contribution in [3.8, 4) is 0 Å². The van der Waals surface area contributed by atoms with E-state index in [1.54, 1.807) is 11.3 Å². The molecule has 1 amide bonds. The fourth-order valence-corrected chi connectivity index (χ4v) is 9.33. The van der Waals surface area contributed by atoms with Crippen molar-refractivity contribution in [2.24, 2.45) is 46.2 Å². The molecule has 4 aliphatic rings. The number of Topliss-reactive ketones (excluding diaryl/α,β-unsaturated/α-hetero) is 1. The molecule has 4 fully saturated rings. The second kappa shape index (κ2) is 8.76. The van der Waals surface area contributed by atoms with Crippen LogP contribution in [0.1, 0.15) is 76.5 Å². The van der Waals surface area contributed by atoms with Gasteiger partial charge in [-0.05, 0) is 90.9 Å². The number of carbonyl (C=O) groups excluding carboxylic acids is 2. The molecular weight excluding hydrogens is 432 g/mol. The number of ketones is 1. The van der Waals surface area contributed by atoms with E-state index in [0.717, 1.165) is 49.8 Å². The lowest BCUT2D eigenvalue weighted by molar-refractivity contribution is -0.160. The Bertz CT molecular complexity index is 888. The molecule has 1 heterocycles. The predicted molar refractivity (Wildman–Crippen MR) is 130 cm³/mol. The van der Waals surface area contributed by atoms with Gasteiger partial charge < -0.3 is 16.2 Å². The quantitative estimate of drug-likeness (QED) is 0.596. The minimum atomic E-state index is -0.235. The van der Waals surface area contributed by atoms with Gasteiger partial charge in [-0.15, -0.1) is 11.3 Å². The minimum Gasteiger partial charge on any atom is -0.393 e. The maximum Gasteiger partial charge on any atom is 0.221 e. The third-order valence-electron chi connectivity index (χ3n) is 10.5. The lowest BCUT2D eigenvalue weighted by Gasteiger charge is -2.60. The summed E-state index contributed by atoms with van der Waals surface area (Å²) in [7, 11) is 0. The summed E-state index contributed by atoms with van der Waals surface area (Å²) in [4.78, 5) is 27.3. The molecule has 0 radical (unpaired) electrons. The summed E-state index contributed by atoms with van der Waals surface area (Å²) in [5, 5.41) is 15.3. The molecule has 4 N–H and O–H groups in total. The number of amides is 1. The van der Waals surface area contributed by atoms with Gasteiger partial charge in [-0.25, -0.2) is 0 Å². The second-order valence-electron chi connectivity index (χ2n) is 12.0. The maximum atomic E-state index is 13.5. The van der Waals surface area contributed by atoms with E-state index in [9.17, 15) is 14.7 Å². The second-order valence-corrected chi connectivity index (χ2v) is 13.0. The summed E-state index contributed by atoms with van der Waals surface area (Å²) in [6, 6.07) is 3.87. The Morgan fingerprint density at radius 3 is 2.73 bits per heavy atom. The van der Waals surface area contributed by atoms with Crippen LogP contribution in [0.3, 0.4) is 0 Å². The molecule has 1 aromatic heterocycles. The molecule has 0 unspecified atom stereocenters. The van der Waals surface area contributed by atoms with Crippen LogP contribution in [0.4, 0.5) is 0 Å². The van der Waals surface area contributed by atoms with E-state index in [1.165, 1.54) is 0 Å². The van der Waals surface area contributed by atoms with Gasteiger partial charge in [0.15, 0.2) is 0 Å². The number of aliphatic hydroxyl groups excluding tert-OH is 1. The molecule has 33 heavy (non-hydrogen) atoms. The molecule has 4 aliphatic carbocycles. The Kier molecular flexibility index (Phi) is 6.24. The molecular formula is C27H40N2O3S. The lowest BCUT2D eigenvalue weighted by atomic mass is 9.44. The van der Waals surface area contributed by atoms with Gasteiger partial charge in [0.25, 0.3) is 0 Å². The van der Waals surface area contributed by atoms with Gasteiger partial charge in [-0.2, -0.15) is 0 Å². The summed E-state index contributed by atoms with van der Waals surface area (Å²) in [5.41, 5.74) is 6.93. The van der Waals surface area contributed by atoms with Crippen molar-refractivity contribution in [1.82, 2.24) is 5.32 Å². The molecule has 4 saturated carbocycles. The van der Waals surface area contributed by atoms with E-state index >= 15 is 0 Å². The van der Waals surface area contributed by atoms with Gasteiger partial charge in [0.2, 0.25) is 5.91 Å². The van der Waals surface area contributed by atoms with Crippen molar-refractivity contribution in [2.45, 2.75) is 90.3 Å². The van der Waals surface area contributed by atoms with Crippen LogP contribution in [0, 0.1) is 40.4 Å². The van der Waals surface area contributed by atoms with Crippen molar-refractivity contribution < 1.29 is 14.7 Å². The van der Waals surface area contributed by atoms with E-state index in [-0.39, 0.29) is 34.8 Å². The average molecular weight is 473 g/mol. The van der Waals surface area contributed by atoms with Crippen molar-refractivity contribution in [2.75, 3.05) is 0 Å². The lowest BCUT2D eigenvalue weighted by Crippen LogP contribution is -2.58. The molecule has 0 saturated heterocycles. The van der Waals surface area contributed by atoms with Crippen molar-refractivity contribution in [3.63, 3.8) is 0 Å². The number of rotatable bonds is 5. The first-order valence-corrected chi connectivity index (χ1v) is 13.9. The van der Waals surface area contributed by atoms with E-state index in [0.29, 0.717) is 48.8 Å². The third kappa shape index (κ3) is 4.00. The third-order valence-corrected chi connectivity index (χ3v) is 11.4. The molecule has 6 heteroatoms. The van der Waals surface area contributed by atoms with Crippen LogP contribution >= 0.6 is 11.3 Å². The van der Waals surface area contributed by atoms with Crippen LogP contribution in [-0.2, 0) is 16.1 Å².